The van der Waals surface area contributed by atoms with Gasteiger partial charge in [-0.25, -0.2) is 9.97 Å². The summed E-state index contributed by atoms with van der Waals surface area (Å²) in [6, 6.07) is 5.70. The number of aryl methyl sites for hydroxylation is 2. The lowest BCUT2D eigenvalue weighted by atomic mass is 10.2. The van der Waals surface area contributed by atoms with Gasteiger partial charge in [0.25, 0.3) is 0 Å². The van der Waals surface area contributed by atoms with Gasteiger partial charge in [0.1, 0.15) is 5.82 Å². The van der Waals surface area contributed by atoms with Gasteiger partial charge in [-0.05, 0) is 26.0 Å². The van der Waals surface area contributed by atoms with Crippen molar-refractivity contribution in [3.8, 4) is 0 Å². The third-order valence-electron chi connectivity index (χ3n) is 1.97. The Bertz CT molecular complexity index is 466. The molecule has 3 heteroatoms. The summed E-state index contributed by atoms with van der Waals surface area (Å²) in [5.74, 6) is 0.785. The van der Waals surface area contributed by atoms with Crippen LogP contribution >= 0.6 is 11.6 Å². The van der Waals surface area contributed by atoms with Gasteiger partial charge in [-0.1, -0.05) is 17.7 Å². The fraction of sp³-hybridized carbons (Fsp3) is 0.200. The predicted octanol–water partition coefficient (Wildman–Crippen LogP) is 2.90. The van der Waals surface area contributed by atoms with Gasteiger partial charge < -0.3 is 0 Å². The van der Waals surface area contributed by atoms with Gasteiger partial charge in [-0.3, -0.25) is 0 Å². The van der Waals surface area contributed by atoms with Crippen LogP contribution in [0.2, 0.25) is 5.02 Å². The van der Waals surface area contributed by atoms with Crippen LogP contribution in [0.5, 0.6) is 0 Å². The molecule has 1 aromatic heterocycles. The minimum atomic E-state index is 0.718. The maximum Gasteiger partial charge on any atom is 0.126 e. The average molecular weight is 193 g/mol. The van der Waals surface area contributed by atoms with Crippen LogP contribution in [0.15, 0.2) is 18.2 Å². The fourth-order valence-corrected chi connectivity index (χ4v) is 1.77. The molecule has 0 fully saturated rings. The van der Waals surface area contributed by atoms with Gasteiger partial charge in [-0.15, -0.1) is 0 Å². The molecule has 0 aliphatic carbocycles. The van der Waals surface area contributed by atoms with Crippen molar-refractivity contribution in [1.29, 1.82) is 0 Å². The van der Waals surface area contributed by atoms with Gasteiger partial charge in [0.05, 0.1) is 16.2 Å². The summed E-state index contributed by atoms with van der Waals surface area (Å²) < 4.78 is 0. The molecule has 0 atom stereocenters. The van der Waals surface area contributed by atoms with Crippen LogP contribution in [-0.2, 0) is 0 Å². The number of hydrogen-bond donors (Lipinski definition) is 0. The largest absolute Gasteiger partial charge is 0.238 e. The molecule has 13 heavy (non-hydrogen) atoms. The van der Waals surface area contributed by atoms with E-state index in [-0.39, 0.29) is 0 Å². The van der Waals surface area contributed by atoms with Crippen LogP contribution in [0.3, 0.4) is 0 Å². The van der Waals surface area contributed by atoms with Crippen molar-refractivity contribution in [2.75, 3.05) is 0 Å². The zero-order valence-electron chi connectivity index (χ0n) is 7.50. The van der Waals surface area contributed by atoms with Crippen LogP contribution in [0, 0.1) is 13.8 Å². The van der Waals surface area contributed by atoms with E-state index in [0.717, 1.165) is 27.4 Å². The van der Waals surface area contributed by atoms with E-state index in [4.69, 9.17) is 11.6 Å². The van der Waals surface area contributed by atoms with E-state index in [1.165, 1.54) is 0 Å². The van der Waals surface area contributed by atoms with E-state index >= 15 is 0 Å². The van der Waals surface area contributed by atoms with Gasteiger partial charge in [0.15, 0.2) is 0 Å². The number of rotatable bonds is 0. The molecule has 0 spiro atoms. The molecule has 0 aliphatic rings. The van der Waals surface area contributed by atoms with Gasteiger partial charge in [0, 0.05) is 5.39 Å². The van der Waals surface area contributed by atoms with Crippen LogP contribution < -0.4 is 0 Å². The second kappa shape index (κ2) is 2.96. The number of benzene rings is 1. The quantitative estimate of drug-likeness (QED) is 0.642. The van der Waals surface area contributed by atoms with Crippen LogP contribution in [-0.4, -0.2) is 9.97 Å². The Kier molecular flexibility index (Phi) is 1.93. The summed E-state index contributed by atoms with van der Waals surface area (Å²) in [6.07, 6.45) is 0. The second-order valence-electron chi connectivity index (χ2n) is 2.99. The van der Waals surface area contributed by atoms with E-state index < -0.39 is 0 Å². The first-order valence-electron chi connectivity index (χ1n) is 4.08. The molecule has 0 unspecified atom stereocenters. The Labute approximate surface area is 81.6 Å². The number of halogens is 1. The molecule has 1 heterocycles. The summed E-state index contributed by atoms with van der Waals surface area (Å²) >= 11 is 6.03. The summed E-state index contributed by atoms with van der Waals surface area (Å²) in [7, 11) is 0. The summed E-state index contributed by atoms with van der Waals surface area (Å²) in [5.41, 5.74) is 1.85. The molecule has 0 amide bonds. The molecular formula is C10H9ClN2. The lowest BCUT2D eigenvalue weighted by Gasteiger charge is -2.03. The van der Waals surface area contributed by atoms with Crippen molar-refractivity contribution < 1.29 is 0 Å². The molecule has 2 rings (SSSR count). The number of hydrogen-bond acceptors (Lipinski definition) is 2. The molecular weight excluding hydrogens is 184 g/mol. The summed E-state index contributed by atoms with van der Waals surface area (Å²) in [5, 5.41) is 1.67. The Morgan fingerprint density at radius 1 is 1.15 bits per heavy atom. The molecule has 66 valence electrons. The Morgan fingerprint density at radius 3 is 2.69 bits per heavy atom. The third kappa shape index (κ3) is 1.38. The molecule has 0 saturated heterocycles. The van der Waals surface area contributed by atoms with Crippen molar-refractivity contribution >= 4 is 22.5 Å². The lowest BCUT2D eigenvalue weighted by Crippen LogP contribution is -1.93. The SMILES string of the molecule is Cc1nc(C)c2c(Cl)cccc2n1. The first-order valence-corrected chi connectivity index (χ1v) is 4.46. The van der Waals surface area contributed by atoms with Crippen molar-refractivity contribution in [2.45, 2.75) is 13.8 Å². The predicted molar refractivity (Wildman–Crippen MR) is 54.0 cm³/mol. The zero-order chi connectivity index (χ0) is 9.42. The Balaban J connectivity index is 2.94. The lowest BCUT2D eigenvalue weighted by molar-refractivity contribution is 1.05. The van der Waals surface area contributed by atoms with Crippen molar-refractivity contribution in [2.24, 2.45) is 0 Å². The zero-order valence-corrected chi connectivity index (χ0v) is 8.26. The second-order valence-corrected chi connectivity index (χ2v) is 3.40. The highest BCUT2D eigenvalue weighted by molar-refractivity contribution is 6.35. The molecule has 0 N–H and O–H groups in total. The number of nitrogens with zero attached hydrogens (tertiary/aromatic N) is 2. The highest BCUT2D eigenvalue weighted by atomic mass is 35.5. The molecule has 2 aromatic rings. The molecule has 0 aliphatic heterocycles. The van der Waals surface area contributed by atoms with Gasteiger partial charge >= 0.3 is 0 Å². The van der Waals surface area contributed by atoms with Gasteiger partial charge in [-0.2, -0.15) is 0 Å². The molecule has 0 saturated carbocycles. The van der Waals surface area contributed by atoms with Crippen molar-refractivity contribution in [1.82, 2.24) is 9.97 Å². The van der Waals surface area contributed by atoms with Gasteiger partial charge in [0.2, 0.25) is 0 Å². The van der Waals surface area contributed by atoms with E-state index in [9.17, 15) is 0 Å². The summed E-state index contributed by atoms with van der Waals surface area (Å²) in [6.45, 7) is 3.83. The van der Waals surface area contributed by atoms with E-state index in [0.29, 0.717) is 0 Å². The standard InChI is InChI=1S/C10H9ClN2/c1-6-10-8(11)4-3-5-9(10)13-7(2)12-6/h3-5H,1-2H3. The molecule has 1 aromatic carbocycles. The van der Waals surface area contributed by atoms with Crippen LogP contribution in [0.1, 0.15) is 11.5 Å². The average Bonchev–Trinajstić information content (AvgIpc) is 2.02. The minimum absolute atomic E-state index is 0.718. The monoisotopic (exact) mass is 192 g/mol. The maximum atomic E-state index is 6.03. The van der Waals surface area contributed by atoms with Crippen molar-refractivity contribution in [3.63, 3.8) is 0 Å². The number of aromatic nitrogens is 2. The van der Waals surface area contributed by atoms with Crippen LogP contribution in [0.4, 0.5) is 0 Å². The topological polar surface area (TPSA) is 25.8 Å². The first-order chi connectivity index (χ1) is 6.18. The normalized spacial score (nSPS) is 10.7. The van der Waals surface area contributed by atoms with Crippen molar-refractivity contribution in [3.05, 3.63) is 34.7 Å². The third-order valence-corrected chi connectivity index (χ3v) is 2.28. The Hall–Kier alpha value is -1.15. The maximum absolute atomic E-state index is 6.03. The van der Waals surface area contributed by atoms with E-state index in [2.05, 4.69) is 9.97 Å². The molecule has 0 radical (unpaired) electrons. The van der Waals surface area contributed by atoms with E-state index in [1.54, 1.807) is 0 Å². The van der Waals surface area contributed by atoms with Crippen LogP contribution in [0.25, 0.3) is 10.9 Å². The highest BCUT2D eigenvalue weighted by Gasteiger charge is 2.04. The minimum Gasteiger partial charge on any atom is -0.238 e. The Morgan fingerprint density at radius 2 is 1.92 bits per heavy atom. The smallest absolute Gasteiger partial charge is 0.126 e. The highest BCUT2D eigenvalue weighted by Crippen LogP contribution is 2.23. The molecule has 2 nitrogen and oxygen atoms in total. The first kappa shape index (κ1) is 8.45. The fourth-order valence-electron chi connectivity index (χ4n) is 1.46. The number of fused-ring (bicyclic) bond motifs is 1. The summed E-state index contributed by atoms with van der Waals surface area (Å²) in [4.78, 5) is 8.57. The molecule has 0 bridgehead atoms. The van der Waals surface area contributed by atoms with E-state index in [1.807, 2.05) is 32.0 Å².